The van der Waals surface area contributed by atoms with Gasteiger partial charge in [0, 0.05) is 12.5 Å². The third kappa shape index (κ3) is 1.68. The Morgan fingerprint density at radius 1 is 1.14 bits per heavy atom. The van der Waals surface area contributed by atoms with Gasteiger partial charge in [0.15, 0.2) is 0 Å². The number of aliphatic hydroxyl groups excluding tert-OH is 1. The molecule has 0 heterocycles. The maximum atomic E-state index is 9.94. The predicted octanol–water partition coefficient (Wildman–Crippen LogP) is 1.08. The number of likely N-dealkylation sites (N-methyl/N-ethyl adjacent to an activating group) is 1. The van der Waals surface area contributed by atoms with Gasteiger partial charge in [0.1, 0.15) is 0 Å². The molecule has 2 rings (SSSR count). The van der Waals surface area contributed by atoms with Crippen molar-refractivity contribution < 1.29 is 5.11 Å². The van der Waals surface area contributed by atoms with Crippen LogP contribution in [0, 0.1) is 0 Å². The van der Waals surface area contributed by atoms with Crippen LogP contribution in [0.4, 0.5) is 0 Å². The van der Waals surface area contributed by atoms with Gasteiger partial charge in [0.05, 0.1) is 6.10 Å². The van der Waals surface area contributed by atoms with Gasteiger partial charge in [-0.15, -0.1) is 0 Å². The van der Waals surface area contributed by atoms with Crippen LogP contribution in [0.25, 0.3) is 0 Å². The van der Waals surface area contributed by atoms with Crippen molar-refractivity contribution in [2.45, 2.75) is 25.0 Å². The van der Waals surface area contributed by atoms with E-state index < -0.39 is 0 Å². The van der Waals surface area contributed by atoms with Gasteiger partial charge in [-0.1, -0.05) is 24.3 Å². The van der Waals surface area contributed by atoms with Gasteiger partial charge in [-0.3, -0.25) is 0 Å². The summed E-state index contributed by atoms with van der Waals surface area (Å²) >= 11 is 0. The SMILES string of the molecule is CN(C)C1Cc2ccccc2CC1O. The molecule has 1 aliphatic carbocycles. The summed E-state index contributed by atoms with van der Waals surface area (Å²) in [5.74, 6) is 0. The highest BCUT2D eigenvalue weighted by Crippen LogP contribution is 2.23. The van der Waals surface area contributed by atoms with Crippen LogP contribution >= 0.6 is 0 Å². The number of hydrogen-bond donors (Lipinski definition) is 1. The van der Waals surface area contributed by atoms with E-state index in [4.69, 9.17) is 0 Å². The molecule has 2 nitrogen and oxygen atoms in total. The van der Waals surface area contributed by atoms with Crippen molar-refractivity contribution in [3.05, 3.63) is 35.4 Å². The summed E-state index contributed by atoms with van der Waals surface area (Å²) in [4.78, 5) is 2.11. The van der Waals surface area contributed by atoms with Crippen molar-refractivity contribution in [3.63, 3.8) is 0 Å². The average Bonchev–Trinajstić information content (AvgIpc) is 2.16. The first-order valence-corrected chi connectivity index (χ1v) is 5.10. The quantitative estimate of drug-likeness (QED) is 0.718. The number of rotatable bonds is 1. The summed E-state index contributed by atoms with van der Waals surface area (Å²) in [5.41, 5.74) is 2.69. The Hall–Kier alpha value is -0.860. The molecule has 1 aromatic carbocycles. The highest BCUT2D eigenvalue weighted by atomic mass is 16.3. The maximum Gasteiger partial charge on any atom is 0.0738 e. The van der Waals surface area contributed by atoms with Crippen LogP contribution in [0.5, 0.6) is 0 Å². The normalized spacial score (nSPS) is 26.3. The molecule has 0 saturated carbocycles. The number of nitrogens with zero attached hydrogens (tertiary/aromatic N) is 1. The van der Waals surface area contributed by atoms with Gasteiger partial charge < -0.3 is 10.0 Å². The van der Waals surface area contributed by atoms with Crippen LogP contribution in [-0.4, -0.2) is 36.2 Å². The second kappa shape index (κ2) is 3.71. The highest BCUT2D eigenvalue weighted by molar-refractivity contribution is 5.31. The Labute approximate surface area is 85.2 Å². The molecule has 0 aliphatic heterocycles. The molecular formula is C12H17NO. The lowest BCUT2D eigenvalue weighted by Crippen LogP contribution is -2.44. The molecule has 0 fully saturated rings. The summed E-state index contributed by atoms with van der Waals surface area (Å²) in [5, 5.41) is 9.94. The molecule has 0 radical (unpaired) electrons. The van der Waals surface area contributed by atoms with Gasteiger partial charge in [0.2, 0.25) is 0 Å². The molecule has 1 N–H and O–H groups in total. The number of aliphatic hydroxyl groups is 1. The Morgan fingerprint density at radius 2 is 1.71 bits per heavy atom. The van der Waals surface area contributed by atoms with Gasteiger partial charge in [0.25, 0.3) is 0 Å². The first-order chi connectivity index (χ1) is 6.68. The van der Waals surface area contributed by atoms with E-state index in [9.17, 15) is 5.11 Å². The molecule has 0 amide bonds. The first kappa shape index (κ1) is 9.69. The molecule has 0 aromatic heterocycles. The van der Waals surface area contributed by atoms with Gasteiger partial charge in [-0.2, -0.15) is 0 Å². The molecule has 0 spiro atoms. The van der Waals surface area contributed by atoms with Crippen LogP contribution in [0.1, 0.15) is 11.1 Å². The van der Waals surface area contributed by atoms with E-state index in [1.165, 1.54) is 11.1 Å². The van der Waals surface area contributed by atoms with Crippen LogP contribution in [0.2, 0.25) is 0 Å². The smallest absolute Gasteiger partial charge is 0.0738 e. The van der Waals surface area contributed by atoms with Crippen LogP contribution in [0.15, 0.2) is 24.3 Å². The molecule has 2 atom stereocenters. The summed E-state index contributed by atoms with van der Waals surface area (Å²) in [6, 6.07) is 8.66. The zero-order valence-corrected chi connectivity index (χ0v) is 8.77. The second-order valence-corrected chi connectivity index (χ2v) is 4.28. The fourth-order valence-corrected chi connectivity index (χ4v) is 2.21. The molecule has 2 heteroatoms. The second-order valence-electron chi connectivity index (χ2n) is 4.28. The molecule has 1 aromatic rings. The minimum atomic E-state index is -0.222. The monoisotopic (exact) mass is 191 g/mol. The Morgan fingerprint density at radius 3 is 2.29 bits per heavy atom. The Balaban J connectivity index is 2.27. The van der Waals surface area contributed by atoms with Crippen molar-refractivity contribution in [2.75, 3.05) is 14.1 Å². The standard InChI is InChI=1S/C12H17NO/c1-13(2)11-7-9-5-3-4-6-10(9)8-12(11)14/h3-6,11-12,14H,7-8H2,1-2H3. The topological polar surface area (TPSA) is 23.5 Å². The van der Waals surface area contributed by atoms with Crippen LogP contribution in [-0.2, 0) is 12.8 Å². The van der Waals surface area contributed by atoms with E-state index in [2.05, 4.69) is 23.1 Å². The third-order valence-corrected chi connectivity index (χ3v) is 3.08. The minimum Gasteiger partial charge on any atom is -0.391 e. The van der Waals surface area contributed by atoms with E-state index in [-0.39, 0.29) is 12.1 Å². The lowest BCUT2D eigenvalue weighted by Gasteiger charge is -2.34. The Kier molecular flexibility index (Phi) is 2.57. The third-order valence-electron chi connectivity index (χ3n) is 3.08. The maximum absolute atomic E-state index is 9.94. The van der Waals surface area contributed by atoms with Crippen LogP contribution in [0.3, 0.4) is 0 Å². The first-order valence-electron chi connectivity index (χ1n) is 5.10. The molecule has 2 unspecified atom stereocenters. The molecule has 0 bridgehead atoms. The highest BCUT2D eigenvalue weighted by Gasteiger charge is 2.27. The van der Waals surface area contributed by atoms with E-state index in [0.29, 0.717) is 0 Å². The van der Waals surface area contributed by atoms with Crippen molar-refractivity contribution in [3.8, 4) is 0 Å². The van der Waals surface area contributed by atoms with Crippen molar-refractivity contribution >= 4 is 0 Å². The molecule has 0 saturated heterocycles. The van der Waals surface area contributed by atoms with Crippen molar-refractivity contribution in [1.29, 1.82) is 0 Å². The van der Waals surface area contributed by atoms with E-state index in [1.54, 1.807) is 0 Å². The van der Waals surface area contributed by atoms with E-state index in [1.807, 2.05) is 20.2 Å². The van der Waals surface area contributed by atoms with Gasteiger partial charge >= 0.3 is 0 Å². The fraction of sp³-hybridized carbons (Fsp3) is 0.500. The number of hydrogen-bond acceptors (Lipinski definition) is 2. The largest absolute Gasteiger partial charge is 0.391 e. The van der Waals surface area contributed by atoms with Gasteiger partial charge in [-0.25, -0.2) is 0 Å². The van der Waals surface area contributed by atoms with Gasteiger partial charge in [-0.05, 0) is 31.6 Å². The number of fused-ring (bicyclic) bond motifs is 1. The minimum absolute atomic E-state index is 0.222. The summed E-state index contributed by atoms with van der Waals surface area (Å²) in [7, 11) is 4.06. The number of benzene rings is 1. The summed E-state index contributed by atoms with van der Waals surface area (Å²) < 4.78 is 0. The van der Waals surface area contributed by atoms with E-state index >= 15 is 0 Å². The fourth-order valence-electron chi connectivity index (χ4n) is 2.21. The lowest BCUT2D eigenvalue weighted by molar-refractivity contribution is 0.0692. The molecule has 76 valence electrons. The average molecular weight is 191 g/mol. The summed E-state index contributed by atoms with van der Waals surface area (Å²) in [6.45, 7) is 0. The predicted molar refractivity (Wildman–Crippen MR) is 57.3 cm³/mol. The molecule has 14 heavy (non-hydrogen) atoms. The lowest BCUT2D eigenvalue weighted by atomic mass is 9.86. The van der Waals surface area contributed by atoms with Crippen LogP contribution < -0.4 is 0 Å². The zero-order valence-electron chi connectivity index (χ0n) is 8.77. The molecule has 1 aliphatic rings. The zero-order chi connectivity index (χ0) is 10.1. The van der Waals surface area contributed by atoms with Crippen molar-refractivity contribution in [1.82, 2.24) is 4.90 Å². The van der Waals surface area contributed by atoms with E-state index in [0.717, 1.165) is 12.8 Å². The Bertz CT molecular complexity index is 322. The van der Waals surface area contributed by atoms with Crippen molar-refractivity contribution in [2.24, 2.45) is 0 Å². The summed E-state index contributed by atoms with van der Waals surface area (Å²) in [6.07, 6.45) is 1.53. The molecular weight excluding hydrogens is 174 g/mol.